The minimum Gasteiger partial charge on any atom is -0.335 e. The van der Waals surface area contributed by atoms with E-state index in [-0.39, 0.29) is 6.03 Å². The molecule has 1 aliphatic rings. The molecule has 0 aromatic carbocycles. The first-order valence-electron chi connectivity index (χ1n) is 8.68. The van der Waals surface area contributed by atoms with E-state index in [1.54, 1.807) is 10.9 Å². The maximum absolute atomic E-state index is 12.1. The van der Waals surface area contributed by atoms with Gasteiger partial charge in [-0.1, -0.05) is 25.7 Å². The molecule has 6 nitrogen and oxygen atoms in total. The second-order valence-electron chi connectivity index (χ2n) is 6.50. The van der Waals surface area contributed by atoms with Crippen LogP contribution >= 0.6 is 0 Å². The number of carbonyl (C=O) groups excluding carboxylic acids is 1. The summed E-state index contributed by atoms with van der Waals surface area (Å²) >= 11 is 0. The van der Waals surface area contributed by atoms with Gasteiger partial charge in [-0.05, 0) is 24.5 Å². The highest BCUT2D eigenvalue weighted by atomic mass is 16.2. The van der Waals surface area contributed by atoms with Gasteiger partial charge in [0.05, 0.1) is 6.20 Å². The summed E-state index contributed by atoms with van der Waals surface area (Å²) < 4.78 is 1.76. The number of aryl methyl sites for hydroxylation is 1. The minimum atomic E-state index is -0.0892. The van der Waals surface area contributed by atoms with Crippen LogP contribution in [0, 0.1) is 0 Å². The summed E-state index contributed by atoms with van der Waals surface area (Å²) in [5.74, 6) is 0. The average molecular weight is 327 g/mol. The maximum atomic E-state index is 12.1. The first-order valence-corrected chi connectivity index (χ1v) is 8.68. The van der Waals surface area contributed by atoms with Crippen LogP contribution in [0.25, 0.3) is 11.1 Å². The Morgan fingerprint density at radius 1 is 1.17 bits per heavy atom. The second kappa shape index (κ2) is 7.95. The lowest BCUT2D eigenvalue weighted by Crippen LogP contribution is -2.41. The van der Waals surface area contributed by atoms with Gasteiger partial charge in [-0.25, -0.2) is 4.79 Å². The average Bonchev–Trinajstić information content (AvgIpc) is 2.86. The van der Waals surface area contributed by atoms with E-state index in [1.165, 1.54) is 25.7 Å². The molecule has 0 aliphatic heterocycles. The van der Waals surface area contributed by atoms with E-state index in [9.17, 15) is 4.79 Å². The molecule has 0 radical (unpaired) electrons. The summed E-state index contributed by atoms with van der Waals surface area (Å²) in [6.45, 7) is 0.472. The molecule has 2 N–H and O–H groups in total. The first kappa shape index (κ1) is 16.5. The third kappa shape index (κ3) is 4.57. The zero-order valence-corrected chi connectivity index (χ0v) is 14.2. The molecule has 1 saturated carbocycles. The number of hydrogen-bond donors (Lipinski definition) is 2. The Morgan fingerprint density at radius 2 is 1.96 bits per heavy atom. The molecule has 1 fully saturated rings. The molecule has 0 spiro atoms. The Kier molecular flexibility index (Phi) is 5.46. The predicted octanol–water partition coefficient (Wildman–Crippen LogP) is 3.00. The summed E-state index contributed by atoms with van der Waals surface area (Å²) in [5, 5.41) is 10.2. The van der Waals surface area contributed by atoms with Crippen LogP contribution in [-0.4, -0.2) is 26.8 Å². The van der Waals surface area contributed by atoms with E-state index in [2.05, 4.69) is 20.7 Å². The van der Waals surface area contributed by atoms with Gasteiger partial charge in [-0.3, -0.25) is 9.67 Å². The Hall–Kier alpha value is -2.37. The van der Waals surface area contributed by atoms with Gasteiger partial charge in [0.1, 0.15) is 0 Å². The smallest absolute Gasteiger partial charge is 0.315 e. The number of nitrogens with one attached hydrogen (secondary N) is 2. The number of amides is 2. The molecule has 2 amide bonds. The van der Waals surface area contributed by atoms with Crippen LogP contribution in [-0.2, 0) is 13.6 Å². The van der Waals surface area contributed by atoms with E-state index in [4.69, 9.17) is 0 Å². The van der Waals surface area contributed by atoms with E-state index in [0.717, 1.165) is 29.5 Å². The lowest BCUT2D eigenvalue weighted by atomic mass is 10.1. The monoisotopic (exact) mass is 327 g/mol. The molecule has 6 heteroatoms. The molecule has 2 heterocycles. The van der Waals surface area contributed by atoms with Crippen molar-refractivity contribution in [3.8, 4) is 11.1 Å². The number of rotatable bonds is 4. The van der Waals surface area contributed by atoms with Crippen molar-refractivity contribution < 1.29 is 4.79 Å². The fourth-order valence-corrected chi connectivity index (χ4v) is 3.15. The first-order chi connectivity index (χ1) is 11.7. The second-order valence-corrected chi connectivity index (χ2v) is 6.50. The predicted molar refractivity (Wildman–Crippen MR) is 93.3 cm³/mol. The highest BCUT2D eigenvalue weighted by molar-refractivity contribution is 5.74. The molecule has 2 aromatic heterocycles. The number of pyridine rings is 1. The van der Waals surface area contributed by atoms with Crippen LogP contribution < -0.4 is 10.6 Å². The third-order valence-corrected chi connectivity index (χ3v) is 4.48. The Morgan fingerprint density at radius 3 is 2.67 bits per heavy atom. The molecular weight excluding hydrogens is 302 g/mol. The van der Waals surface area contributed by atoms with Crippen LogP contribution in [0.2, 0.25) is 0 Å². The molecule has 0 atom stereocenters. The van der Waals surface area contributed by atoms with Crippen molar-refractivity contribution in [2.75, 3.05) is 0 Å². The summed E-state index contributed by atoms with van der Waals surface area (Å²) in [6, 6.07) is 2.26. The van der Waals surface area contributed by atoms with Crippen molar-refractivity contribution in [2.45, 2.75) is 51.1 Å². The number of urea groups is 1. The molecule has 0 saturated heterocycles. The topological polar surface area (TPSA) is 71.8 Å². The number of nitrogens with zero attached hydrogens (tertiary/aromatic N) is 3. The molecular formula is C18H25N5O. The van der Waals surface area contributed by atoms with Crippen LogP contribution in [0.1, 0.15) is 44.1 Å². The summed E-state index contributed by atoms with van der Waals surface area (Å²) in [5.41, 5.74) is 3.01. The summed E-state index contributed by atoms with van der Waals surface area (Å²) in [7, 11) is 1.89. The molecule has 1 aliphatic carbocycles. The molecule has 0 unspecified atom stereocenters. The van der Waals surface area contributed by atoms with Gasteiger partial charge in [0.25, 0.3) is 0 Å². The SMILES string of the molecule is Cn1cc(-c2cncc(CNC(=O)NC3CCCCCC3)c2)cn1. The van der Waals surface area contributed by atoms with Crippen LogP contribution in [0.5, 0.6) is 0 Å². The standard InChI is InChI=1S/C18H25N5O/c1-23-13-16(12-21-23)15-8-14(9-19-11-15)10-20-18(24)22-17-6-4-2-3-5-7-17/h8-9,11-13,17H,2-7,10H2,1H3,(H2,20,22,24). The maximum Gasteiger partial charge on any atom is 0.315 e. The quantitative estimate of drug-likeness (QED) is 0.848. The van der Waals surface area contributed by atoms with Gasteiger partial charge in [0, 0.05) is 49.4 Å². The zero-order chi connectivity index (χ0) is 16.8. The fraction of sp³-hybridized carbons (Fsp3) is 0.500. The van der Waals surface area contributed by atoms with Crippen LogP contribution in [0.4, 0.5) is 4.79 Å². The van der Waals surface area contributed by atoms with Crippen molar-refractivity contribution in [2.24, 2.45) is 7.05 Å². The Bertz CT molecular complexity index is 674. The van der Waals surface area contributed by atoms with Crippen molar-refractivity contribution >= 4 is 6.03 Å². The van der Waals surface area contributed by atoms with E-state index in [1.807, 2.05) is 31.7 Å². The lowest BCUT2D eigenvalue weighted by Gasteiger charge is -2.16. The van der Waals surface area contributed by atoms with Crippen molar-refractivity contribution in [1.29, 1.82) is 0 Å². The third-order valence-electron chi connectivity index (χ3n) is 4.48. The molecule has 128 valence electrons. The molecule has 3 rings (SSSR count). The fourth-order valence-electron chi connectivity index (χ4n) is 3.15. The number of hydrogen-bond acceptors (Lipinski definition) is 3. The number of carbonyl (C=O) groups is 1. The van der Waals surface area contributed by atoms with Gasteiger partial charge in [-0.15, -0.1) is 0 Å². The lowest BCUT2D eigenvalue weighted by molar-refractivity contribution is 0.235. The van der Waals surface area contributed by atoms with Crippen LogP contribution in [0.15, 0.2) is 30.9 Å². The van der Waals surface area contributed by atoms with Gasteiger partial charge in [-0.2, -0.15) is 5.10 Å². The van der Waals surface area contributed by atoms with E-state index >= 15 is 0 Å². The van der Waals surface area contributed by atoms with Crippen molar-refractivity contribution in [1.82, 2.24) is 25.4 Å². The van der Waals surface area contributed by atoms with Gasteiger partial charge in [0.2, 0.25) is 0 Å². The highest BCUT2D eigenvalue weighted by Crippen LogP contribution is 2.18. The van der Waals surface area contributed by atoms with Gasteiger partial charge in [0.15, 0.2) is 0 Å². The highest BCUT2D eigenvalue weighted by Gasteiger charge is 2.14. The summed E-state index contributed by atoms with van der Waals surface area (Å²) in [6.07, 6.45) is 14.5. The molecule has 2 aromatic rings. The minimum absolute atomic E-state index is 0.0892. The van der Waals surface area contributed by atoms with Gasteiger partial charge >= 0.3 is 6.03 Å². The van der Waals surface area contributed by atoms with E-state index in [0.29, 0.717) is 12.6 Å². The van der Waals surface area contributed by atoms with E-state index < -0.39 is 0 Å². The summed E-state index contributed by atoms with van der Waals surface area (Å²) in [4.78, 5) is 16.4. The Labute approximate surface area is 142 Å². The molecule has 24 heavy (non-hydrogen) atoms. The molecule has 0 bridgehead atoms. The van der Waals surface area contributed by atoms with Crippen molar-refractivity contribution in [3.05, 3.63) is 36.4 Å². The largest absolute Gasteiger partial charge is 0.335 e. The zero-order valence-electron chi connectivity index (χ0n) is 14.2. The van der Waals surface area contributed by atoms with Crippen LogP contribution in [0.3, 0.4) is 0 Å². The van der Waals surface area contributed by atoms with Crippen molar-refractivity contribution in [3.63, 3.8) is 0 Å². The normalized spacial score (nSPS) is 15.7. The van der Waals surface area contributed by atoms with Gasteiger partial charge < -0.3 is 10.6 Å². The Balaban J connectivity index is 1.53. The number of aromatic nitrogens is 3.